The van der Waals surface area contributed by atoms with E-state index in [1.54, 1.807) is 0 Å². The average molecular weight is 641 g/mol. The fourth-order valence-corrected chi connectivity index (χ4v) is 6.78. The lowest BCUT2D eigenvalue weighted by atomic mass is 10.00. The Labute approximate surface area is 291 Å². The molecule has 236 valence electrons. The van der Waals surface area contributed by atoms with Gasteiger partial charge in [-0.05, 0) is 81.7 Å². The fraction of sp³-hybridized carbons (Fsp3) is 0. The van der Waals surface area contributed by atoms with E-state index >= 15 is 0 Å². The number of rotatable bonds is 7. The molecular weight excluding hydrogens is 609 g/mol. The molecule has 0 aliphatic rings. The van der Waals surface area contributed by atoms with Crippen LogP contribution in [0.2, 0.25) is 0 Å². The monoisotopic (exact) mass is 640 g/mol. The molecule has 9 aromatic rings. The van der Waals surface area contributed by atoms with Crippen molar-refractivity contribution in [2.24, 2.45) is 0 Å². The molecule has 0 aliphatic carbocycles. The predicted molar refractivity (Wildman–Crippen MR) is 208 cm³/mol. The van der Waals surface area contributed by atoms with E-state index in [0.717, 1.165) is 55.6 Å². The molecule has 0 fully saturated rings. The van der Waals surface area contributed by atoms with Crippen LogP contribution in [0.25, 0.3) is 66.7 Å². The van der Waals surface area contributed by atoms with E-state index in [1.165, 1.54) is 22.3 Å². The minimum absolute atomic E-state index is 0.629. The SMILES string of the molecule is c1ccc(-c2ccc(N(c3ccc(-c4ccc(-c5nc6c(ccc7ccccc76)o5)cc4)cc3)c3ccccc3-c3ccccc3)cc2)cc1. The van der Waals surface area contributed by atoms with Crippen molar-refractivity contribution < 1.29 is 4.42 Å². The summed E-state index contributed by atoms with van der Waals surface area (Å²) in [5.74, 6) is 0.629. The van der Waals surface area contributed by atoms with Crippen LogP contribution >= 0.6 is 0 Å². The van der Waals surface area contributed by atoms with Crippen LogP contribution in [-0.4, -0.2) is 4.98 Å². The van der Waals surface area contributed by atoms with E-state index in [-0.39, 0.29) is 0 Å². The number of fused-ring (bicyclic) bond motifs is 3. The van der Waals surface area contributed by atoms with Gasteiger partial charge in [-0.3, -0.25) is 0 Å². The molecule has 3 nitrogen and oxygen atoms in total. The van der Waals surface area contributed by atoms with Crippen molar-refractivity contribution in [1.29, 1.82) is 0 Å². The molecular formula is C47H32N2O. The molecule has 0 aliphatic heterocycles. The van der Waals surface area contributed by atoms with Crippen molar-refractivity contribution in [1.82, 2.24) is 4.98 Å². The largest absolute Gasteiger partial charge is 0.436 e. The lowest BCUT2D eigenvalue weighted by molar-refractivity contribution is 0.620. The van der Waals surface area contributed by atoms with Gasteiger partial charge in [-0.2, -0.15) is 0 Å². The number of benzene rings is 8. The van der Waals surface area contributed by atoms with Gasteiger partial charge in [0.2, 0.25) is 5.89 Å². The normalized spacial score (nSPS) is 11.2. The first-order chi connectivity index (χ1) is 24.8. The van der Waals surface area contributed by atoms with E-state index in [4.69, 9.17) is 9.40 Å². The third kappa shape index (κ3) is 5.51. The third-order valence-corrected chi connectivity index (χ3v) is 9.34. The minimum Gasteiger partial charge on any atom is -0.436 e. The van der Waals surface area contributed by atoms with Gasteiger partial charge in [0, 0.05) is 27.9 Å². The van der Waals surface area contributed by atoms with Crippen LogP contribution < -0.4 is 4.90 Å². The van der Waals surface area contributed by atoms with Gasteiger partial charge in [0.25, 0.3) is 0 Å². The van der Waals surface area contributed by atoms with E-state index in [0.29, 0.717) is 5.89 Å². The maximum atomic E-state index is 6.19. The van der Waals surface area contributed by atoms with E-state index < -0.39 is 0 Å². The molecule has 0 saturated carbocycles. The number of oxazole rings is 1. The quantitative estimate of drug-likeness (QED) is 0.174. The Bertz CT molecular complexity index is 2550. The maximum Gasteiger partial charge on any atom is 0.227 e. The Morgan fingerprint density at radius 2 is 0.880 bits per heavy atom. The van der Waals surface area contributed by atoms with Gasteiger partial charge in [0.15, 0.2) is 5.58 Å². The van der Waals surface area contributed by atoms with Crippen molar-refractivity contribution in [3.63, 3.8) is 0 Å². The Balaban J connectivity index is 1.06. The number of anilines is 3. The topological polar surface area (TPSA) is 29.3 Å². The first-order valence-corrected chi connectivity index (χ1v) is 16.9. The number of hydrogen-bond acceptors (Lipinski definition) is 3. The van der Waals surface area contributed by atoms with Gasteiger partial charge in [-0.25, -0.2) is 4.98 Å². The van der Waals surface area contributed by atoms with Crippen LogP contribution in [0.3, 0.4) is 0 Å². The van der Waals surface area contributed by atoms with Crippen molar-refractivity contribution >= 4 is 38.9 Å². The second kappa shape index (κ2) is 12.7. The lowest BCUT2D eigenvalue weighted by Crippen LogP contribution is -2.11. The number of para-hydroxylation sites is 1. The van der Waals surface area contributed by atoms with Crippen LogP contribution in [0.1, 0.15) is 0 Å². The first kappa shape index (κ1) is 29.4. The summed E-state index contributed by atoms with van der Waals surface area (Å²) in [7, 11) is 0. The highest BCUT2D eigenvalue weighted by Crippen LogP contribution is 2.42. The van der Waals surface area contributed by atoms with Crippen molar-refractivity contribution in [2.45, 2.75) is 0 Å². The summed E-state index contributed by atoms with van der Waals surface area (Å²) in [6.07, 6.45) is 0. The summed E-state index contributed by atoms with van der Waals surface area (Å²) in [5, 5.41) is 2.26. The highest BCUT2D eigenvalue weighted by Gasteiger charge is 2.18. The minimum atomic E-state index is 0.629. The molecule has 0 atom stereocenters. The summed E-state index contributed by atoms with van der Waals surface area (Å²) in [5.41, 5.74) is 13.0. The van der Waals surface area contributed by atoms with Crippen molar-refractivity contribution in [2.75, 3.05) is 4.90 Å². The second-order valence-corrected chi connectivity index (χ2v) is 12.4. The second-order valence-electron chi connectivity index (χ2n) is 12.4. The highest BCUT2D eigenvalue weighted by atomic mass is 16.3. The molecule has 1 aromatic heterocycles. The maximum absolute atomic E-state index is 6.19. The van der Waals surface area contributed by atoms with E-state index in [1.807, 2.05) is 18.2 Å². The summed E-state index contributed by atoms with van der Waals surface area (Å²) in [6, 6.07) is 68.2. The van der Waals surface area contributed by atoms with Gasteiger partial charge >= 0.3 is 0 Å². The van der Waals surface area contributed by atoms with E-state index in [2.05, 4.69) is 181 Å². The zero-order valence-electron chi connectivity index (χ0n) is 27.3. The molecule has 9 rings (SSSR count). The Kier molecular flexibility index (Phi) is 7.49. The highest BCUT2D eigenvalue weighted by molar-refractivity contribution is 6.04. The number of aromatic nitrogens is 1. The standard InChI is InChI=1S/C47H32N2O/c1-3-11-33(12-4-1)35-23-28-40(29-24-35)49(44-18-10-9-16-42(44)37-13-5-2-6-14-37)41-30-25-36(26-31-41)34-19-21-39(22-20-34)47-48-46-43-17-8-7-15-38(43)27-32-45(46)50-47/h1-32H. The van der Waals surface area contributed by atoms with Crippen LogP contribution in [0.5, 0.6) is 0 Å². The average Bonchev–Trinajstić information content (AvgIpc) is 3.65. The van der Waals surface area contributed by atoms with Gasteiger partial charge in [-0.15, -0.1) is 0 Å². The molecule has 0 unspecified atom stereocenters. The van der Waals surface area contributed by atoms with Gasteiger partial charge in [-0.1, -0.05) is 146 Å². The van der Waals surface area contributed by atoms with Crippen molar-refractivity contribution in [3.8, 4) is 44.8 Å². The molecule has 0 radical (unpaired) electrons. The Hall–Kier alpha value is -6.71. The zero-order chi connectivity index (χ0) is 33.3. The fourth-order valence-electron chi connectivity index (χ4n) is 6.78. The Morgan fingerprint density at radius 1 is 0.380 bits per heavy atom. The molecule has 1 heterocycles. The molecule has 3 heteroatoms. The van der Waals surface area contributed by atoms with Crippen LogP contribution in [-0.2, 0) is 0 Å². The molecule has 50 heavy (non-hydrogen) atoms. The van der Waals surface area contributed by atoms with Gasteiger partial charge in [0.1, 0.15) is 5.52 Å². The lowest BCUT2D eigenvalue weighted by Gasteiger charge is -2.28. The van der Waals surface area contributed by atoms with Crippen LogP contribution in [0.15, 0.2) is 199 Å². The number of nitrogens with zero attached hydrogens (tertiary/aromatic N) is 2. The molecule has 0 amide bonds. The molecule has 0 saturated heterocycles. The molecule has 8 aromatic carbocycles. The van der Waals surface area contributed by atoms with Crippen LogP contribution in [0, 0.1) is 0 Å². The molecule has 0 N–H and O–H groups in total. The third-order valence-electron chi connectivity index (χ3n) is 9.34. The summed E-state index contributed by atoms with van der Waals surface area (Å²) in [4.78, 5) is 7.23. The Morgan fingerprint density at radius 3 is 1.54 bits per heavy atom. The van der Waals surface area contributed by atoms with Gasteiger partial charge < -0.3 is 9.32 Å². The number of hydrogen-bond donors (Lipinski definition) is 0. The molecule has 0 bridgehead atoms. The summed E-state index contributed by atoms with van der Waals surface area (Å²) in [6.45, 7) is 0. The predicted octanol–water partition coefficient (Wildman–Crippen LogP) is 13.1. The van der Waals surface area contributed by atoms with Crippen molar-refractivity contribution in [3.05, 3.63) is 194 Å². The zero-order valence-corrected chi connectivity index (χ0v) is 27.3. The smallest absolute Gasteiger partial charge is 0.227 e. The van der Waals surface area contributed by atoms with E-state index in [9.17, 15) is 0 Å². The summed E-state index contributed by atoms with van der Waals surface area (Å²) >= 11 is 0. The first-order valence-electron chi connectivity index (χ1n) is 16.9. The van der Waals surface area contributed by atoms with Crippen LogP contribution in [0.4, 0.5) is 17.1 Å². The summed E-state index contributed by atoms with van der Waals surface area (Å²) < 4.78 is 6.19. The van der Waals surface area contributed by atoms with Gasteiger partial charge in [0.05, 0.1) is 5.69 Å². The molecule has 0 spiro atoms.